The second-order valence-corrected chi connectivity index (χ2v) is 11.1. The van der Waals surface area contributed by atoms with E-state index < -0.39 is 36.9 Å². The number of allylic oxidation sites excluding steroid dienone is 6. The van der Waals surface area contributed by atoms with E-state index in [0.29, 0.717) is 19.3 Å². The molecule has 0 aromatic heterocycles. The van der Waals surface area contributed by atoms with Gasteiger partial charge in [-0.2, -0.15) is 0 Å². The molecule has 234 valence electrons. The van der Waals surface area contributed by atoms with E-state index in [1.807, 2.05) is 0 Å². The van der Waals surface area contributed by atoms with Crippen LogP contribution in [0.1, 0.15) is 142 Å². The van der Waals surface area contributed by atoms with E-state index in [2.05, 4.69) is 55.6 Å². The average Bonchev–Trinajstić information content (AvgIpc) is 2.96. The van der Waals surface area contributed by atoms with Crippen LogP contribution in [0.15, 0.2) is 36.5 Å². The molecule has 0 radical (unpaired) electrons. The van der Waals surface area contributed by atoms with Crippen molar-refractivity contribution in [2.75, 3.05) is 6.61 Å². The van der Waals surface area contributed by atoms with E-state index in [0.717, 1.165) is 51.4 Å². The van der Waals surface area contributed by atoms with Crippen LogP contribution in [0.3, 0.4) is 0 Å². The zero-order valence-corrected chi connectivity index (χ0v) is 25.8. The number of carbonyl (C=O) groups excluding carboxylic acids is 1. The highest BCUT2D eigenvalue weighted by Crippen LogP contribution is 2.12. The second-order valence-electron chi connectivity index (χ2n) is 11.1. The summed E-state index contributed by atoms with van der Waals surface area (Å²) in [6.07, 6.45) is 30.3. The Morgan fingerprint density at radius 2 is 1.07 bits per heavy atom. The minimum atomic E-state index is -1.29. The highest BCUT2D eigenvalue weighted by Gasteiger charge is 2.28. The molecule has 0 spiro atoms. The van der Waals surface area contributed by atoms with Crippen molar-refractivity contribution in [3.05, 3.63) is 36.5 Å². The first-order valence-corrected chi connectivity index (χ1v) is 16.4. The van der Waals surface area contributed by atoms with Gasteiger partial charge < -0.3 is 25.7 Å². The summed E-state index contributed by atoms with van der Waals surface area (Å²) in [4.78, 5) is 12.3. The maximum atomic E-state index is 12.3. The zero-order chi connectivity index (χ0) is 29.7. The standard InChI is InChI=1S/C34H63NO5/c1-3-5-7-9-11-13-14-15-16-17-18-20-21-23-25-27-31(37)33(39)30(29-36)35-34(40)32(38)28-26-24-22-19-12-10-8-6-4-2/h10,12,15-16,20-21,30-33,36-39H,3-9,11,13-14,17-19,22-29H2,1-2H3,(H,35,40)/b12-10-,16-15+,21-20+. The summed E-state index contributed by atoms with van der Waals surface area (Å²) in [6, 6.07) is -1.01. The minimum absolute atomic E-state index is 0.337. The van der Waals surface area contributed by atoms with Gasteiger partial charge in [-0.25, -0.2) is 0 Å². The van der Waals surface area contributed by atoms with Crippen molar-refractivity contribution in [2.45, 2.75) is 167 Å². The number of amides is 1. The molecule has 4 atom stereocenters. The van der Waals surface area contributed by atoms with E-state index >= 15 is 0 Å². The number of nitrogens with one attached hydrogen (secondary N) is 1. The van der Waals surface area contributed by atoms with Gasteiger partial charge in [-0.15, -0.1) is 0 Å². The van der Waals surface area contributed by atoms with Gasteiger partial charge in [0.1, 0.15) is 12.2 Å². The molecular weight excluding hydrogens is 502 g/mol. The number of hydrogen-bond acceptors (Lipinski definition) is 5. The monoisotopic (exact) mass is 565 g/mol. The van der Waals surface area contributed by atoms with Crippen molar-refractivity contribution >= 4 is 5.91 Å². The van der Waals surface area contributed by atoms with E-state index in [9.17, 15) is 25.2 Å². The summed E-state index contributed by atoms with van der Waals surface area (Å²) in [5.74, 6) is -0.617. The molecular formula is C34H63NO5. The summed E-state index contributed by atoms with van der Waals surface area (Å²) < 4.78 is 0. The Balaban J connectivity index is 3.98. The highest BCUT2D eigenvalue weighted by molar-refractivity contribution is 5.80. The molecule has 0 aromatic rings. The third kappa shape index (κ3) is 23.3. The summed E-state index contributed by atoms with van der Waals surface area (Å²) in [6.45, 7) is 3.92. The molecule has 6 nitrogen and oxygen atoms in total. The minimum Gasteiger partial charge on any atom is -0.394 e. The van der Waals surface area contributed by atoms with Crippen molar-refractivity contribution in [3.63, 3.8) is 0 Å². The van der Waals surface area contributed by atoms with Crippen LogP contribution in [0, 0.1) is 0 Å². The molecule has 0 aliphatic rings. The summed E-state index contributed by atoms with van der Waals surface area (Å²) in [5.41, 5.74) is 0. The number of aliphatic hydroxyl groups is 4. The molecule has 40 heavy (non-hydrogen) atoms. The maximum absolute atomic E-state index is 12.3. The van der Waals surface area contributed by atoms with Gasteiger partial charge in [-0.1, -0.05) is 108 Å². The fourth-order valence-corrected chi connectivity index (χ4v) is 4.57. The molecule has 0 saturated heterocycles. The van der Waals surface area contributed by atoms with Crippen molar-refractivity contribution in [1.82, 2.24) is 5.32 Å². The van der Waals surface area contributed by atoms with Crippen molar-refractivity contribution in [1.29, 1.82) is 0 Å². The van der Waals surface area contributed by atoms with E-state index in [1.54, 1.807) is 0 Å². The van der Waals surface area contributed by atoms with E-state index in [4.69, 9.17) is 0 Å². The molecule has 4 unspecified atom stereocenters. The Kier molecular flexibility index (Phi) is 28.0. The van der Waals surface area contributed by atoms with Crippen LogP contribution >= 0.6 is 0 Å². The third-order valence-electron chi connectivity index (χ3n) is 7.30. The number of carbonyl (C=O) groups is 1. The van der Waals surface area contributed by atoms with Crippen molar-refractivity contribution in [3.8, 4) is 0 Å². The molecule has 0 aliphatic heterocycles. The van der Waals surface area contributed by atoms with Crippen LogP contribution in [0.5, 0.6) is 0 Å². The maximum Gasteiger partial charge on any atom is 0.249 e. The lowest BCUT2D eigenvalue weighted by atomic mass is 10.00. The first-order valence-electron chi connectivity index (χ1n) is 16.4. The van der Waals surface area contributed by atoms with Crippen LogP contribution < -0.4 is 5.32 Å². The fourth-order valence-electron chi connectivity index (χ4n) is 4.57. The van der Waals surface area contributed by atoms with E-state index in [-0.39, 0.29) is 0 Å². The Hall–Kier alpha value is -1.47. The highest BCUT2D eigenvalue weighted by atomic mass is 16.3. The molecule has 6 heteroatoms. The number of hydrogen-bond donors (Lipinski definition) is 5. The molecule has 0 heterocycles. The van der Waals surface area contributed by atoms with Crippen molar-refractivity contribution in [2.24, 2.45) is 0 Å². The average molecular weight is 566 g/mol. The number of aliphatic hydroxyl groups excluding tert-OH is 4. The van der Waals surface area contributed by atoms with Gasteiger partial charge in [0.2, 0.25) is 5.91 Å². The molecule has 5 N–H and O–H groups in total. The topological polar surface area (TPSA) is 110 Å². The normalized spacial score (nSPS) is 15.2. The van der Waals surface area contributed by atoms with E-state index in [1.165, 1.54) is 57.8 Å². The first kappa shape index (κ1) is 38.5. The first-order chi connectivity index (χ1) is 19.5. The predicted molar refractivity (Wildman–Crippen MR) is 168 cm³/mol. The number of rotatable bonds is 28. The van der Waals surface area contributed by atoms with Crippen LogP contribution in [-0.4, -0.2) is 57.3 Å². The van der Waals surface area contributed by atoms with Gasteiger partial charge in [-0.3, -0.25) is 4.79 Å². The van der Waals surface area contributed by atoms with Gasteiger partial charge in [-0.05, 0) is 70.6 Å². The van der Waals surface area contributed by atoms with Crippen LogP contribution in [0.2, 0.25) is 0 Å². The Bertz CT molecular complexity index is 648. The Morgan fingerprint density at radius 1 is 0.600 bits per heavy atom. The zero-order valence-electron chi connectivity index (χ0n) is 25.8. The molecule has 0 fully saturated rings. The summed E-state index contributed by atoms with van der Waals surface area (Å²) in [5, 5.41) is 43.1. The fraction of sp³-hybridized carbons (Fsp3) is 0.794. The van der Waals surface area contributed by atoms with Gasteiger partial charge >= 0.3 is 0 Å². The molecule has 0 bridgehead atoms. The third-order valence-corrected chi connectivity index (χ3v) is 7.30. The summed E-state index contributed by atoms with van der Waals surface area (Å²) in [7, 11) is 0. The molecule has 0 rings (SSSR count). The van der Waals surface area contributed by atoms with Crippen LogP contribution in [0.25, 0.3) is 0 Å². The van der Waals surface area contributed by atoms with Crippen LogP contribution in [-0.2, 0) is 4.79 Å². The van der Waals surface area contributed by atoms with Crippen LogP contribution in [0.4, 0.5) is 0 Å². The molecule has 0 aromatic carbocycles. The lowest BCUT2D eigenvalue weighted by Gasteiger charge is -2.27. The van der Waals surface area contributed by atoms with Gasteiger partial charge in [0.05, 0.1) is 18.8 Å². The largest absolute Gasteiger partial charge is 0.394 e. The molecule has 0 saturated carbocycles. The quantitative estimate of drug-likeness (QED) is 0.0515. The Morgan fingerprint density at radius 3 is 1.65 bits per heavy atom. The SMILES string of the molecule is CCCC/C=C\CCCCCC(O)C(=O)NC(CO)C(O)C(O)CCC/C=C/CC/C=C/CCCCCCCC. The summed E-state index contributed by atoms with van der Waals surface area (Å²) >= 11 is 0. The lowest BCUT2D eigenvalue weighted by Crippen LogP contribution is -2.53. The number of unbranched alkanes of at least 4 members (excludes halogenated alkanes) is 13. The predicted octanol–water partition coefficient (Wildman–Crippen LogP) is 7.06. The second kappa shape index (κ2) is 29.0. The molecule has 1 amide bonds. The molecule has 0 aliphatic carbocycles. The Labute approximate surface area is 246 Å². The smallest absolute Gasteiger partial charge is 0.249 e. The van der Waals surface area contributed by atoms with Gasteiger partial charge in [0.15, 0.2) is 0 Å². The van der Waals surface area contributed by atoms with Gasteiger partial charge in [0.25, 0.3) is 0 Å². The lowest BCUT2D eigenvalue weighted by molar-refractivity contribution is -0.132. The van der Waals surface area contributed by atoms with Crippen molar-refractivity contribution < 1.29 is 25.2 Å². The van der Waals surface area contributed by atoms with Gasteiger partial charge in [0, 0.05) is 0 Å².